The molecule has 1 aromatic rings. The predicted octanol–water partition coefficient (Wildman–Crippen LogP) is 1.81. The molecular formula is C14H21N3O3S. The molecule has 5 N–H and O–H groups in total. The number of hydrogen-bond donors (Lipinski definition) is 3. The number of primary amides is 1. The van der Waals surface area contributed by atoms with Gasteiger partial charge in [-0.25, -0.2) is 4.79 Å². The Morgan fingerprint density at radius 2 is 2.05 bits per heavy atom. The van der Waals surface area contributed by atoms with E-state index in [9.17, 15) is 9.59 Å². The summed E-state index contributed by atoms with van der Waals surface area (Å²) in [6.07, 6.45) is 1.65. The highest BCUT2D eigenvalue weighted by Gasteiger charge is 2.28. The molecule has 1 atom stereocenters. The van der Waals surface area contributed by atoms with Gasteiger partial charge < -0.3 is 21.5 Å². The lowest BCUT2D eigenvalue weighted by molar-refractivity contribution is 0.0500. The molecule has 0 saturated carbocycles. The Morgan fingerprint density at radius 1 is 1.38 bits per heavy atom. The first-order valence-electron chi connectivity index (χ1n) is 6.86. The van der Waals surface area contributed by atoms with Crippen molar-refractivity contribution >= 4 is 28.3 Å². The van der Waals surface area contributed by atoms with Gasteiger partial charge in [0.05, 0.1) is 10.6 Å². The number of rotatable bonds is 2. The first-order valence-corrected chi connectivity index (χ1v) is 7.68. The third-order valence-electron chi connectivity index (χ3n) is 3.26. The molecule has 7 heteroatoms. The van der Waals surface area contributed by atoms with E-state index in [1.54, 1.807) is 0 Å². The maximum Gasteiger partial charge on any atom is 0.407 e. The van der Waals surface area contributed by atoms with E-state index in [-0.39, 0.29) is 6.04 Å². The molecule has 0 fully saturated rings. The summed E-state index contributed by atoms with van der Waals surface area (Å²) in [4.78, 5) is 24.2. The molecule has 1 aliphatic carbocycles. The number of nitrogen functional groups attached to an aromatic ring is 1. The molecular weight excluding hydrogens is 290 g/mol. The number of anilines is 1. The molecule has 1 aromatic heterocycles. The van der Waals surface area contributed by atoms with E-state index in [0.29, 0.717) is 23.4 Å². The Bertz CT molecular complexity index is 575. The maximum absolute atomic E-state index is 11.8. The van der Waals surface area contributed by atoms with Gasteiger partial charge in [-0.3, -0.25) is 4.79 Å². The van der Waals surface area contributed by atoms with Crippen LogP contribution in [0, 0.1) is 0 Å². The van der Waals surface area contributed by atoms with E-state index in [2.05, 4.69) is 5.32 Å². The summed E-state index contributed by atoms with van der Waals surface area (Å²) in [5, 5.41) is 3.33. The molecule has 6 nitrogen and oxygen atoms in total. The van der Waals surface area contributed by atoms with Crippen molar-refractivity contribution in [3.63, 3.8) is 0 Å². The minimum Gasteiger partial charge on any atom is -0.444 e. The third-order valence-corrected chi connectivity index (χ3v) is 4.34. The van der Waals surface area contributed by atoms with Crippen molar-refractivity contribution in [3.8, 4) is 0 Å². The molecule has 0 radical (unpaired) electrons. The molecule has 0 spiro atoms. The van der Waals surface area contributed by atoms with Gasteiger partial charge in [-0.15, -0.1) is 11.3 Å². The minimum absolute atomic E-state index is 0.00822. The zero-order valence-corrected chi connectivity index (χ0v) is 13.3. The highest BCUT2D eigenvalue weighted by Crippen LogP contribution is 2.36. The third kappa shape index (κ3) is 3.66. The zero-order valence-electron chi connectivity index (χ0n) is 12.5. The highest BCUT2D eigenvalue weighted by molar-refractivity contribution is 7.16. The molecule has 2 rings (SSSR count). The lowest BCUT2D eigenvalue weighted by atomic mass is 9.92. The predicted molar refractivity (Wildman–Crippen MR) is 82.4 cm³/mol. The maximum atomic E-state index is 11.8. The molecule has 2 amide bonds. The van der Waals surface area contributed by atoms with Crippen molar-refractivity contribution in [2.45, 2.75) is 51.7 Å². The zero-order chi connectivity index (χ0) is 15.8. The topological polar surface area (TPSA) is 107 Å². The number of hydrogen-bond acceptors (Lipinski definition) is 5. The second-order valence-corrected chi connectivity index (χ2v) is 7.33. The van der Waals surface area contributed by atoms with Gasteiger partial charge in [-0.2, -0.15) is 0 Å². The van der Waals surface area contributed by atoms with Crippen LogP contribution in [0.1, 0.15) is 48.0 Å². The first kappa shape index (κ1) is 15.6. The first-order chi connectivity index (χ1) is 9.67. The second-order valence-electron chi connectivity index (χ2n) is 6.19. The molecule has 1 aliphatic rings. The summed E-state index contributed by atoms with van der Waals surface area (Å²) in [5.74, 6) is -0.483. The summed E-state index contributed by atoms with van der Waals surface area (Å²) in [5.41, 5.74) is 12.1. The van der Waals surface area contributed by atoms with E-state index in [4.69, 9.17) is 16.2 Å². The lowest BCUT2D eigenvalue weighted by Gasteiger charge is -2.26. The van der Waals surface area contributed by atoms with Gasteiger partial charge in [0.25, 0.3) is 5.91 Å². The Balaban J connectivity index is 2.05. The van der Waals surface area contributed by atoms with Crippen molar-refractivity contribution in [1.29, 1.82) is 0 Å². The van der Waals surface area contributed by atoms with Crippen LogP contribution in [0.5, 0.6) is 0 Å². The van der Waals surface area contributed by atoms with Crippen molar-refractivity contribution < 1.29 is 14.3 Å². The van der Waals surface area contributed by atoms with Crippen LogP contribution in [0.3, 0.4) is 0 Å². The van der Waals surface area contributed by atoms with E-state index < -0.39 is 17.6 Å². The van der Waals surface area contributed by atoms with Crippen LogP contribution in [0.25, 0.3) is 0 Å². The number of carbonyl (C=O) groups is 2. The number of nitrogens with one attached hydrogen (secondary N) is 1. The summed E-state index contributed by atoms with van der Waals surface area (Å²) >= 11 is 1.37. The van der Waals surface area contributed by atoms with E-state index >= 15 is 0 Å². The summed E-state index contributed by atoms with van der Waals surface area (Å²) < 4.78 is 5.25. The van der Waals surface area contributed by atoms with Gasteiger partial charge >= 0.3 is 6.09 Å². The number of thiophene rings is 1. The van der Waals surface area contributed by atoms with Gasteiger partial charge in [-0.05, 0) is 39.2 Å². The minimum atomic E-state index is -0.517. The van der Waals surface area contributed by atoms with Crippen molar-refractivity contribution in [2.24, 2.45) is 5.73 Å². The van der Waals surface area contributed by atoms with Crippen LogP contribution in [0.2, 0.25) is 0 Å². The fraction of sp³-hybridized carbons (Fsp3) is 0.571. The molecule has 1 unspecified atom stereocenters. The molecule has 0 aliphatic heterocycles. The van der Waals surface area contributed by atoms with Crippen LogP contribution in [-0.4, -0.2) is 23.6 Å². The monoisotopic (exact) mass is 311 g/mol. The van der Waals surface area contributed by atoms with Crippen LogP contribution in [0.15, 0.2) is 0 Å². The van der Waals surface area contributed by atoms with E-state index in [0.717, 1.165) is 16.9 Å². The Labute approximate surface area is 127 Å². The molecule has 0 bridgehead atoms. The van der Waals surface area contributed by atoms with E-state index in [1.165, 1.54) is 11.3 Å². The van der Waals surface area contributed by atoms with Crippen molar-refractivity contribution in [3.05, 3.63) is 16.0 Å². The Kier molecular flexibility index (Phi) is 4.13. The number of amides is 2. The van der Waals surface area contributed by atoms with E-state index in [1.807, 2.05) is 20.8 Å². The normalized spacial score (nSPS) is 18.0. The van der Waals surface area contributed by atoms with Crippen LogP contribution in [-0.2, 0) is 17.6 Å². The molecule has 0 saturated heterocycles. The van der Waals surface area contributed by atoms with Crippen molar-refractivity contribution in [1.82, 2.24) is 5.32 Å². The number of fused-ring (bicyclic) bond motifs is 1. The van der Waals surface area contributed by atoms with Gasteiger partial charge in [0, 0.05) is 17.3 Å². The number of nitrogens with two attached hydrogens (primary N) is 2. The molecule has 116 valence electrons. The SMILES string of the molecule is CC(C)(C)OC(=O)NC1CCc2c(sc(N)c2C(N)=O)C1. The van der Waals surface area contributed by atoms with Crippen molar-refractivity contribution in [2.75, 3.05) is 5.73 Å². The summed E-state index contributed by atoms with van der Waals surface area (Å²) in [6, 6.07) is -0.00822. The van der Waals surface area contributed by atoms with Gasteiger partial charge in [0.15, 0.2) is 0 Å². The second kappa shape index (κ2) is 5.55. The summed E-state index contributed by atoms with van der Waals surface area (Å²) in [7, 11) is 0. The van der Waals surface area contributed by atoms with Gasteiger partial charge in [0.2, 0.25) is 0 Å². The van der Waals surface area contributed by atoms with Crippen LogP contribution < -0.4 is 16.8 Å². The number of ether oxygens (including phenoxy) is 1. The smallest absolute Gasteiger partial charge is 0.407 e. The summed E-state index contributed by atoms with van der Waals surface area (Å²) in [6.45, 7) is 5.47. The van der Waals surface area contributed by atoms with Crippen LogP contribution in [0.4, 0.5) is 9.80 Å². The Morgan fingerprint density at radius 3 is 2.62 bits per heavy atom. The fourth-order valence-electron chi connectivity index (χ4n) is 2.47. The number of alkyl carbamates (subject to hydrolysis) is 1. The van der Waals surface area contributed by atoms with Gasteiger partial charge in [-0.1, -0.05) is 0 Å². The van der Waals surface area contributed by atoms with Gasteiger partial charge in [0.1, 0.15) is 5.60 Å². The number of carbonyl (C=O) groups excluding carboxylic acids is 2. The fourth-order valence-corrected chi connectivity index (χ4v) is 3.68. The molecule has 0 aromatic carbocycles. The highest BCUT2D eigenvalue weighted by atomic mass is 32.1. The average Bonchev–Trinajstić information content (AvgIpc) is 2.61. The lowest BCUT2D eigenvalue weighted by Crippen LogP contribution is -2.41. The largest absolute Gasteiger partial charge is 0.444 e. The standard InChI is InChI=1S/C14H21N3O3S/c1-14(2,3)20-13(19)17-7-4-5-8-9(6-7)21-12(16)10(8)11(15)18/h7H,4-6,16H2,1-3H3,(H2,15,18)(H,17,19). The van der Waals surface area contributed by atoms with Crippen LogP contribution >= 0.6 is 11.3 Å². The Hall–Kier alpha value is -1.76. The quantitative estimate of drug-likeness (QED) is 0.774. The molecule has 1 heterocycles. The molecule has 21 heavy (non-hydrogen) atoms. The average molecular weight is 311 g/mol.